The Bertz CT molecular complexity index is 515. The van der Waals surface area contributed by atoms with Gasteiger partial charge in [-0.3, -0.25) is 0 Å². The molecule has 0 saturated carbocycles. The highest BCUT2D eigenvalue weighted by Gasteiger charge is 2.24. The normalized spacial score (nSPS) is 14.6. The Labute approximate surface area is 110 Å². The smallest absolute Gasteiger partial charge is 0.183 e. The first-order valence-corrected chi connectivity index (χ1v) is 5.94. The monoisotopic (exact) mass is 269 g/mol. The molecule has 1 aromatic heterocycles. The second kappa shape index (κ2) is 5.08. The van der Waals surface area contributed by atoms with Gasteiger partial charge in [-0.1, -0.05) is 29.8 Å². The Morgan fingerprint density at radius 1 is 1.41 bits per heavy atom. The van der Waals surface area contributed by atoms with E-state index in [-0.39, 0.29) is 0 Å². The maximum atomic E-state index is 9.91. The highest BCUT2D eigenvalue weighted by Crippen LogP contribution is 2.29. The number of aromatic nitrogens is 3. The molecule has 0 radical (unpaired) electrons. The van der Waals surface area contributed by atoms with Crippen LogP contribution in [0.2, 0.25) is 5.02 Å². The molecule has 1 N–H and O–H groups in total. The zero-order chi connectivity index (χ0) is 12.4. The minimum atomic E-state index is -0.650. The van der Waals surface area contributed by atoms with Crippen LogP contribution in [0.1, 0.15) is 18.5 Å². The van der Waals surface area contributed by atoms with Gasteiger partial charge >= 0.3 is 0 Å². The van der Waals surface area contributed by atoms with Gasteiger partial charge in [0.2, 0.25) is 0 Å². The lowest BCUT2D eigenvalue weighted by molar-refractivity contribution is 0.137. The van der Waals surface area contributed by atoms with Crippen LogP contribution in [0.4, 0.5) is 0 Å². The SMILES string of the molecule is CC(O)C(c1ccccc1Cl)n1ncnc1S. The number of hydrogen-bond acceptors (Lipinski definition) is 4. The highest BCUT2D eigenvalue weighted by molar-refractivity contribution is 7.80. The van der Waals surface area contributed by atoms with E-state index in [2.05, 4.69) is 22.7 Å². The zero-order valence-electron chi connectivity index (χ0n) is 9.16. The lowest BCUT2D eigenvalue weighted by Gasteiger charge is -2.22. The summed E-state index contributed by atoms with van der Waals surface area (Å²) in [7, 11) is 0. The van der Waals surface area contributed by atoms with Gasteiger partial charge in [-0.2, -0.15) is 5.10 Å². The molecule has 17 heavy (non-hydrogen) atoms. The average Bonchev–Trinajstić information content (AvgIpc) is 2.68. The minimum absolute atomic E-state index is 0.390. The average molecular weight is 270 g/mol. The maximum Gasteiger partial charge on any atom is 0.183 e. The summed E-state index contributed by atoms with van der Waals surface area (Å²) in [5.74, 6) is 0. The molecule has 90 valence electrons. The third-order valence-corrected chi connectivity index (χ3v) is 3.16. The maximum absolute atomic E-state index is 9.91. The molecule has 1 heterocycles. The van der Waals surface area contributed by atoms with Gasteiger partial charge in [-0.05, 0) is 18.6 Å². The van der Waals surface area contributed by atoms with Crippen LogP contribution >= 0.6 is 24.2 Å². The quantitative estimate of drug-likeness (QED) is 0.840. The van der Waals surface area contributed by atoms with Gasteiger partial charge in [0.05, 0.1) is 6.10 Å². The summed E-state index contributed by atoms with van der Waals surface area (Å²) < 4.78 is 1.55. The Morgan fingerprint density at radius 2 is 2.12 bits per heavy atom. The fourth-order valence-electron chi connectivity index (χ4n) is 1.75. The number of nitrogens with zero attached hydrogens (tertiary/aromatic N) is 3. The van der Waals surface area contributed by atoms with Gasteiger partial charge in [-0.25, -0.2) is 9.67 Å². The van der Waals surface area contributed by atoms with Crippen molar-refractivity contribution in [3.8, 4) is 0 Å². The number of aliphatic hydroxyl groups excluding tert-OH is 1. The second-order valence-corrected chi connectivity index (χ2v) is 4.52. The molecule has 0 saturated heterocycles. The Balaban J connectivity index is 2.51. The molecule has 1 aromatic carbocycles. The summed E-state index contributed by atoms with van der Waals surface area (Å²) >= 11 is 10.3. The predicted octanol–water partition coefficient (Wildman–Crippen LogP) is 2.19. The summed E-state index contributed by atoms with van der Waals surface area (Å²) in [5, 5.41) is 15.0. The van der Waals surface area contributed by atoms with Crippen molar-refractivity contribution >= 4 is 24.2 Å². The van der Waals surface area contributed by atoms with Crippen molar-refractivity contribution in [2.45, 2.75) is 24.2 Å². The van der Waals surface area contributed by atoms with Crippen molar-refractivity contribution in [1.29, 1.82) is 0 Å². The van der Waals surface area contributed by atoms with Gasteiger partial charge in [0, 0.05) is 5.02 Å². The largest absolute Gasteiger partial charge is 0.391 e. The Morgan fingerprint density at radius 3 is 2.65 bits per heavy atom. The molecule has 4 nitrogen and oxygen atoms in total. The van der Waals surface area contributed by atoms with E-state index < -0.39 is 12.1 Å². The van der Waals surface area contributed by atoms with Gasteiger partial charge in [-0.15, -0.1) is 12.6 Å². The van der Waals surface area contributed by atoms with E-state index in [0.29, 0.717) is 10.2 Å². The molecule has 2 rings (SSSR count). The number of benzene rings is 1. The lowest BCUT2D eigenvalue weighted by atomic mass is 10.0. The Hall–Kier alpha value is -1.04. The third-order valence-electron chi connectivity index (χ3n) is 2.50. The molecule has 0 bridgehead atoms. The first-order chi connectivity index (χ1) is 8.11. The summed E-state index contributed by atoms with van der Waals surface area (Å²) in [6.45, 7) is 1.68. The van der Waals surface area contributed by atoms with E-state index in [1.807, 2.05) is 18.2 Å². The first-order valence-electron chi connectivity index (χ1n) is 5.12. The number of thiol groups is 1. The van der Waals surface area contributed by atoms with Crippen molar-refractivity contribution in [3.63, 3.8) is 0 Å². The zero-order valence-corrected chi connectivity index (χ0v) is 10.8. The van der Waals surface area contributed by atoms with Crippen LogP contribution in [0.3, 0.4) is 0 Å². The van der Waals surface area contributed by atoms with E-state index in [9.17, 15) is 5.11 Å². The molecule has 0 aliphatic rings. The van der Waals surface area contributed by atoms with Crippen LogP contribution in [-0.4, -0.2) is 26.0 Å². The van der Waals surface area contributed by atoms with E-state index in [0.717, 1.165) is 5.56 Å². The summed E-state index contributed by atoms with van der Waals surface area (Å²) in [6, 6.07) is 6.95. The van der Waals surface area contributed by atoms with Gasteiger partial charge in [0.15, 0.2) is 5.16 Å². The van der Waals surface area contributed by atoms with Gasteiger partial charge in [0.25, 0.3) is 0 Å². The number of aliphatic hydroxyl groups is 1. The van der Waals surface area contributed by atoms with Crippen molar-refractivity contribution in [2.75, 3.05) is 0 Å². The van der Waals surface area contributed by atoms with E-state index in [4.69, 9.17) is 11.6 Å². The van der Waals surface area contributed by atoms with Crippen LogP contribution < -0.4 is 0 Å². The number of hydrogen-bond donors (Lipinski definition) is 2. The molecular formula is C11H12ClN3OS. The van der Waals surface area contributed by atoms with Gasteiger partial charge < -0.3 is 5.11 Å². The fraction of sp³-hybridized carbons (Fsp3) is 0.273. The predicted molar refractivity (Wildman–Crippen MR) is 68.5 cm³/mol. The van der Waals surface area contributed by atoms with Crippen LogP contribution in [-0.2, 0) is 0 Å². The van der Waals surface area contributed by atoms with Crippen LogP contribution in [0.5, 0.6) is 0 Å². The molecule has 0 spiro atoms. The summed E-state index contributed by atoms with van der Waals surface area (Å²) in [5.41, 5.74) is 0.796. The molecule has 2 atom stereocenters. The second-order valence-electron chi connectivity index (χ2n) is 3.71. The molecule has 0 aliphatic heterocycles. The van der Waals surface area contributed by atoms with Gasteiger partial charge in [0.1, 0.15) is 12.4 Å². The molecule has 2 unspecified atom stereocenters. The minimum Gasteiger partial charge on any atom is -0.391 e. The topological polar surface area (TPSA) is 50.9 Å². The van der Waals surface area contributed by atoms with E-state index in [1.165, 1.54) is 6.33 Å². The van der Waals surface area contributed by atoms with Crippen LogP contribution in [0.15, 0.2) is 35.7 Å². The molecular weight excluding hydrogens is 258 g/mol. The van der Waals surface area contributed by atoms with Crippen molar-refractivity contribution < 1.29 is 5.11 Å². The van der Waals surface area contributed by atoms with Crippen LogP contribution in [0.25, 0.3) is 0 Å². The highest BCUT2D eigenvalue weighted by atomic mass is 35.5. The fourth-order valence-corrected chi connectivity index (χ4v) is 2.23. The molecule has 0 fully saturated rings. The molecule has 2 aromatic rings. The standard InChI is InChI=1S/C11H12ClN3OS/c1-7(16)10(15-11(17)13-6-14-15)8-4-2-3-5-9(8)12/h2-7,10,16H,1H3,(H,13,14,17). The number of halogens is 1. The lowest BCUT2D eigenvalue weighted by Crippen LogP contribution is -2.24. The van der Waals surface area contributed by atoms with E-state index in [1.54, 1.807) is 17.7 Å². The molecule has 6 heteroatoms. The van der Waals surface area contributed by atoms with Crippen molar-refractivity contribution in [1.82, 2.24) is 14.8 Å². The van der Waals surface area contributed by atoms with Crippen molar-refractivity contribution in [3.05, 3.63) is 41.2 Å². The molecule has 0 amide bonds. The Kier molecular flexibility index (Phi) is 3.71. The van der Waals surface area contributed by atoms with Crippen molar-refractivity contribution in [2.24, 2.45) is 0 Å². The number of rotatable bonds is 3. The van der Waals surface area contributed by atoms with E-state index >= 15 is 0 Å². The summed E-state index contributed by atoms with van der Waals surface area (Å²) in [6.07, 6.45) is 0.747. The summed E-state index contributed by atoms with van der Waals surface area (Å²) in [4.78, 5) is 3.94. The first kappa shape index (κ1) is 12.4. The van der Waals surface area contributed by atoms with Crippen LogP contribution in [0, 0.1) is 0 Å². The third kappa shape index (κ3) is 2.46. The molecule has 0 aliphatic carbocycles.